The maximum atomic E-state index is 13.5. The van der Waals surface area contributed by atoms with Gasteiger partial charge in [0.2, 0.25) is 0 Å². The molecule has 0 radical (unpaired) electrons. The molecule has 0 saturated carbocycles. The fourth-order valence-electron chi connectivity index (χ4n) is 5.16. The minimum Gasteiger partial charge on any atom is -0.478 e. The molecule has 1 aromatic carbocycles. The molecule has 0 aliphatic carbocycles. The summed E-state index contributed by atoms with van der Waals surface area (Å²) >= 11 is 0. The second kappa shape index (κ2) is 6.23. The first-order valence-corrected chi connectivity index (χ1v) is 9.52. The van der Waals surface area contributed by atoms with Gasteiger partial charge in [0.15, 0.2) is 0 Å². The van der Waals surface area contributed by atoms with Crippen LogP contribution >= 0.6 is 0 Å². The second-order valence-electron chi connectivity index (χ2n) is 8.10. The average Bonchev–Trinajstić information content (AvgIpc) is 2.81. The maximum Gasteiger partial charge on any atom is 0.336 e. The van der Waals surface area contributed by atoms with Gasteiger partial charge in [-0.25, -0.2) is 4.79 Å². The number of nitrogens with zero attached hydrogens (tertiary/aromatic N) is 2. The van der Waals surface area contributed by atoms with Crippen molar-refractivity contribution in [1.29, 1.82) is 0 Å². The van der Waals surface area contributed by atoms with Crippen molar-refractivity contribution in [2.45, 2.75) is 63.6 Å². The molecular weight excluding hydrogens is 328 g/mol. The third kappa shape index (κ3) is 2.49. The lowest BCUT2D eigenvalue weighted by molar-refractivity contribution is 0.0695. The normalized spacial score (nSPS) is 25.9. The number of aromatic nitrogens is 1. The van der Waals surface area contributed by atoms with Crippen molar-refractivity contribution in [3.63, 3.8) is 0 Å². The highest BCUT2D eigenvalue weighted by molar-refractivity contribution is 6.04. The van der Waals surface area contributed by atoms with Crippen molar-refractivity contribution in [1.82, 2.24) is 9.47 Å². The van der Waals surface area contributed by atoms with E-state index in [9.17, 15) is 14.7 Å². The van der Waals surface area contributed by atoms with Gasteiger partial charge in [-0.15, -0.1) is 0 Å². The molecule has 2 atom stereocenters. The first-order chi connectivity index (χ1) is 12.4. The topological polar surface area (TPSA) is 62.5 Å². The summed E-state index contributed by atoms with van der Waals surface area (Å²) in [5, 5.41) is 10.7. The molecular formula is C21H26N2O3. The van der Waals surface area contributed by atoms with E-state index in [2.05, 4.69) is 11.9 Å². The molecule has 2 aliphatic heterocycles. The van der Waals surface area contributed by atoms with Crippen LogP contribution in [0.25, 0.3) is 10.9 Å². The first kappa shape index (κ1) is 17.3. The van der Waals surface area contributed by atoms with Gasteiger partial charge in [-0.05, 0) is 58.6 Å². The molecule has 138 valence electrons. The number of hydrogen-bond donors (Lipinski definition) is 1. The predicted molar refractivity (Wildman–Crippen MR) is 102 cm³/mol. The molecule has 3 heterocycles. The molecule has 2 fully saturated rings. The highest BCUT2D eigenvalue weighted by Crippen LogP contribution is 2.43. The molecule has 2 aromatic rings. The van der Waals surface area contributed by atoms with E-state index in [4.69, 9.17) is 0 Å². The molecule has 0 amide bonds. The van der Waals surface area contributed by atoms with E-state index in [1.165, 1.54) is 0 Å². The molecule has 1 N–H and O–H groups in total. The van der Waals surface area contributed by atoms with Crippen LogP contribution in [0.2, 0.25) is 0 Å². The Morgan fingerprint density at radius 3 is 2.35 bits per heavy atom. The SMILES string of the molecule is CC(C)n1c(=O)c(C2CC3CCC(C2)N3C)c(C(=O)O)c2ccccc21. The van der Waals surface area contributed by atoms with Crippen LogP contribution in [0.4, 0.5) is 0 Å². The molecule has 2 saturated heterocycles. The molecule has 4 rings (SSSR count). The summed E-state index contributed by atoms with van der Waals surface area (Å²) in [7, 11) is 2.16. The summed E-state index contributed by atoms with van der Waals surface area (Å²) in [6, 6.07) is 8.30. The first-order valence-electron chi connectivity index (χ1n) is 9.52. The van der Waals surface area contributed by atoms with Gasteiger partial charge in [0.25, 0.3) is 5.56 Å². The fourth-order valence-corrected chi connectivity index (χ4v) is 5.16. The van der Waals surface area contributed by atoms with Crippen molar-refractivity contribution < 1.29 is 9.90 Å². The summed E-state index contributed by atoms with van der Waals surface area (Å²) in [6.45, 7) is 3.97. The van der Waals surface area contributed by atoms with Crippen LogP contribution in [-0.2, 0) is 0 Å². The minimum atomic E-state index is -0.990. The van der Waals surface area contributed by atoms with Crippen molar-refractivity contribution in [3.8, 4) is 0 Å². The lowest BCUT2D eigenvalue weighted by Crippen LogP contribution is -2.41. The van der Waals surface area contributed by atoms with Crippen LogP contribution in [0.3, 0.4) is 0 Å². The number of benzene rings is 1. The van der Waals surface area contributed by atoms with E-state index in [1.807, 2.05) is 38.1 Å². The summed E-state index contributed by atoms with van der Waals surface area (Å²) in [4.78, 5) is 28.1. The molecule has 0 spiro atoms. The van der Waals surface area contributed by atoms with E-state index >= 15 is 0 Å². The van der Waals surface area contributed by atoms with Gasteiger partial charge < -0.3 is 14.6 Å². The third-order valence-electron chi connectivity index (χ3n) is 6.39. The number of para-hydroxylation sites is 1. The molecule has 5 nitrogen and oxygen atoms in total. The Morgan fingerprint density at radius 2 is 1.77 bits per heavy atom. The quantitative estimate of drug-likeness (QED) is 0.914. The van der Waals surface area contributed by atoms with Gasteiger partial charge in [-0.2, -0.15) is 0 Å². The van der Waals surface area contributed by atoms with E-state index in [0.717, 1.165) is 25.7 Å². The van der Waals surface area contributed by atoms with Crippen molar-refractivity contribution in [3.05, 3.63) is 45.7 Å². The summed E-state index contributed by atoms with van der Waals surface area (Å²) in [5.41, 5.74) is 1.33. The second-order valence-corrected chi connectivity index (χ2v) is 8.10. The summed E-state index contributed by atoms with van der Waals surface area (Å²) < 4.78 is 1.78. The van der Waals surface area contributed by atoms with Crippen LogP contribution in [0, 0.1) is 0 Å². The van der Waals surface area contributed by atoms with Gasteiger partial charge in [0.05, 0.1) is 11.1 Å². The Kier molecular flexibility index (Phi) is 4.14. The lowest BCUT2D eigenvalue weighted by atomic mass is 9.82. The number of carbonyl (C=O) groups is 1. The van der Waals surface area contributed by atoms with Gasteiger partial charge in [0.1, 0.15) is 0 Å². The monoisotopic (exact) mass is 354 g/mol. The molecule has 5 heteroatoms. The van der Waals surface area contributed by atoms with Gasteiger partial charge in [-0.3, -0.25) is 4.79 Å². The van der Waals surface area contributed by atoms with Crippen molar-refractivity contribution in [2.24, 2.45) is 0 Å². The lowest BCUT2D eigenvalue weighted by Gasteiger charge is -2.37. The molecule has 2 unspecified atom stereocenters. The Balaban J connectivity index is 1.99. The van der Waals surface area contributed by atoms with Crippen LogP contribution in [-0.4, -0.2) is 39.7 Å². The number of carboxylic acids is 1. The van der Waals surface area contributed by atoms with Crippen molar-refractivity contribution >= 4 is 16.9 Å². The third-order valence-corrected chi connectivity index (χ3v) is 6.39. The average molecular weight is 354 g/mol. The van der Waals surface area contributed by atoms with Crippen LogP contribution in [0.1, 0.15) is 67.4 Å². The molecule has 26 heavy (non-hydrogen) atoms. The Labute approximate surface area is 153 Å². The standard InChI is InChI=1S/C21H26N2O3/c1-12(2)23-17-7-5-4-6-16(17)19(21(25)26)18(20(23)24)13-10-14-8-9-15(11-13)22(14)3/h4-7,12-15H,8-11H2,1-3H3,(H,25,26). The fraction of sp³-hybridized carbons (Fsp3) is 0.524. The zero-order valence-electron chi connectivity index (χ0n) is 15.6. The van der Waals surface area contributed by atoms with Gasteiger partial charge >= 0.3 is 5.97 Å². The predicted octanol–water partition coefficient (Wildman–Crippen LogP) is 3.62. The number of carboxylic acid groups (broad SMARTS) is 1. The highest BCUT2D eigenvalue weighted by Gasteiger charge is 2.41. The van der Waals surface area contributed by atoms with Crippen molar-refractivity contribution in [2.75, 3.05) is 7.05 Å². The largest absolute Gasteiger partial charge is 0.478 e. The molecule has 2 bridgehead atoms. The summed E-state index contributed by atoms with van der Waals surface area (Å²) in [6.07, 6.45) is 4.04. The number of aromatic carboxylic acids is 1. The van der Waals surface area contributed by atoms with Crippen LogP contribution < -0.4 is 5.56 Å². The zero-order chi connectivity index (χ0) is 18.6. The zero-order valence-corrected chi connectivity index (χ0v) is 15.6. The molecule has 2 aliphatic rings. The van der Waals surface area contributed by atoms with Crippen LogP contribution in [0.15, 0.2) is 29.1 Å². The number of piperidine rings is 1. The maximum absolute atomic E-state index is 13.5. The number of pyridine rings is 1. The summed E-state index contributed by atoms with van der Waals surface area (Å²) in [5.74, 6) is -0.965. The molecule has 1 aromatic heterocycles. The van der Waals surface area contributed by atoms with E-state index < -0.39 is 5.97 Å². The Hall–Kier alpha value is -2.14. The highest BCUT2D eigenvalue weighted by atomic mass is 16.4. The minimum absolute atomic E-state index is 0.0167. The van der Waals surface area contributed by atoms with Gasteiger partial charge in [0, 0.05) is 29.1 Å². The number of rotatable bonds is 3. The van der Waals surface area contributed by atoms with E-state index in [1.54, 1.807) is 4.57 Å². The number of fused-ring (bicyclic) bond motifs is 3. The van der Waals surface area contributed by atoms with E-state index in [-0.39, 0.29) is 23.1 Å². The Bertz CT molecular complexity index is 917. The van der Waals surface area contributed by atoms with Gasteiger partial charge in [-0.1, -0.05) is 18.2 Å². The smallest absolute Gasteiger partial charge is 0.336 e. The van der Waals surface area contributed by atoms with E-state index in [0.29, 0.717) is 28.6 Å². The number of hydrogen-bond acceptors (Lipinski definition) is 3. The van der Waals surface area contributed by atoms with Crippen LogP contribution in [0.5, 0.6) is 0 Å². The Morgan fingerprint density at radius 1 is 1.15 bits per heavy atom.